The lowest BCUT2D eigenvalue weighted by molar-refractivity contribution is 0.112. The maximum absolute atomic E-state index is 10.5. The highest BCUT2D eigenvalue weighted by Crippen LogP contribution is 2.18. The summed E-state index contributed by atoms with van der Waals surface area (Å²) in [5.74, 6) is 0.942. The van der Waals surface area contributed by atoms with E-state index in [4.69, 9.17) is 0 Å². The highest BCUT2D eigenvalue weighted by atomic mass is 32.1. The summed E-state index contributed by atoms with van der Waals surface area (Å²) >= 11 is 1.45. The summed E-state index contributed by atoms with van der Waals surface area (Å²) in [5, 5.41) is 1.96. The summed E-state index contributed by atoms with van der Waals surface area (Å²) in [5.41, 5.74) is 2.00. The monoisotopic (exact) mass is 206 g/mol. The molecule has 0 aliphatic carbocycles. The Kier molecular flexibility index (Phi) is 2.21. The van der Waals surface area contributed by atoms with Crippen molar-refractivity contribution in [2.75, 3.05) is 0 Å². The van der Waals surface area contributed by atoms with Crippen molar-refractivity contribution in [3.8, 4) is 5.69 Å². The van der Waals surface area contributed by atoms with Crippen LogP contribution >= 0.6 is 11.3 Å². The molecular formula is C10H10N2OS. The third-order valence-corrected chi connectivity index (χ3v) is 2.85. The van der Waals surface area contributed by atoms with E-state index in [0.29, 0.717) is 0 Å². The molecule has 3 nitrogen and oxygen atoms in total. The molecule has 0 N–H and O–H groups in total. The number of aryl methyl sites for hydroxylation is 2. The Bertz CT molecular complexity index is 470. The number of rotatable bonds is 2. The zero-order chi connectivity index (χ0) is 10.1. The van der Waals surface area contributed by atoms with E-state index in [9.17, 15) is 4.79 Å². The van der Waals surface area contributed by atoms with Crippen LogP contribution in [0, 0.1) is 13.8 Å². The Morgan fingerprint density at radius 3 is 2.79 bits per heavy atom. The lowest BCUT2D eigenvalue weighted by atomic mass is 10.4. The SMILES string of the molecule is Cc1cn(-c2csc(C=O)c2)c(C)n1. The third kappa shape index (κ3) is 1.48. The van der Waals surface area contributed by atoms with Gasteiger partial charge in [0, 0.05) is 11.6 Å². The van der Waals surface area contributed by atoms with Gasteiger partial charge in [-0.15, -0.1) is 11.3 Å². The molecule has 4 heteroatoms. The Hall–Kier alpha value is -1.42. The first-order valence-corrected chi connectivity index (χ1v) is 5.15. The number of nitrogens with zero attached hydrogens (tertiary/aromatic N) is 2. The molecule has 0 saturated carbocycles. The van der Waals surface area contributed by atoms with Crippen LogP contribution in [0.2, 0.25) is 0 Å². The van der Waals surface area contributed by atoms with Crippen molar-refractivity contribution in [1.82, 2.24) is 9.55 Å². The molecule has 0 radical (unpaired) electrons. The van der Waals surface area contributed by atoms with Gasteiger partial charge in [-0.1, -0.05) is 0 Å². The fourth-order valence-electron chi connectivity index (χ4n) is 1.41. The summed E-state index contributed by atoms with van der Waals surface area (Å²) in [7, 11) is 0. The fraction of sp³-hybridized carbons (Fsp3) is 0.200. The molecule has 0 fully saturated rings. The Morgan fingerprint density at radius 2 is 2.29 bits per heavy atom. The van der Waals surface area contributed by atoms with Crippen molar-refractivity contribution in [2.24, 2.45) is 0 Å². The van der Waals surface area contributed by atoms with Crippen LogP contribution in [-0.4, -0.2) is 15.8 Å². The van der Waals surface area contributed by atoms with Crippen LogP contribution in [0.25, 0.3) is 5.69 Å². The minimum atomic E-state index is 0.741. The number of thiophene rings is 1. The summed E-state index contributed by atoms with van der Waals surface area (Å²) in [4.78, 5) is 15.6. The molecule has 0 amide bonds. The second-order valence-corrected chi connectivity index (χ2v) is 4.07. The lowest BCUT2D eigenvalue weighted by Gasteiger charge is -1.98. The van der Waals surface area contributed by atoms with Gasteiger partial charge in [0.2, 0.25) is 0 Å². The molecule has 0 unspecified atom stereocenters. The standard InChI is InChI=1S/C10H10N2OS/c1-7-4-12(8(2)11-7)9-3-10(5-13)14-6-9/h3-6H,1-2H3. The van der Waals surface area contributed by atoms with Crippen molar-refractivity contribution in [3.05, 3.63) is 34.0 Å². The molecule has 0 aromatic carbocycles. The van der Waals surface area contributed by atoms with Crippen LogP contribution in [-0.2, 0) is 0 Å². The highest BCUT2D eigenvalue weighted by molar-refractivity contribution is 7.12. The van der Waals surface area contributed by atoms with Gasteiger partial charge in [0.05, 0.1) is 16.3 Å². The molecule has 0 atom stereocenters. The average molecular weight is 206 g/mol. The van der Waals surface area contributed by atoms with Crippen LogP contribution in [0.3, 0.4) is 0 Å². The number of aldehydes is 1. The van der Waals surface area contributed by atoms with Crippen LogP contribution in [0.5, 0.6) is 0 Å². The topological polar surface area (TPSA) is 34.9 Å². The highest BCUT2D eigenvalue weighted by Gasteiger charge is 2.05. The fourth-order valence-corrected chi connectivity index (χ4v) is 2.09. The van der Waals surface area contributed by atoms with E-state index in [0.717, 1.165) is 28.4 Å². The van der Waals surface area contributed by atoms with Gasteiger partial charge in [0.25, 0.3) is 0 Å². The molecular weight excluding hydrogens is 196 g/mol. The smallest absolute Gasteiger partial charge is 0.160 e. The number of hydrogen-bond acceptors (Lipinski definition) is 3. The molecule has 2 aromatic heterocycles. The first kappa shape index (κ1) is 9.15. The predicted octanol–water partition coefficient (Wildman–Crippen LogP) is 2.36. The van der Waals surface area contributed by atoms with Gasteiger partial charge >= 0.3 is 0 Å². The van der Waals surface area contributed by atoms with E-state index in [1.54, 1.807) is 0 Å². The lowest BCUT2D eigenvalue weighted by Crippen LogP contribution is -1.92. The van der Waals surface area contributed by atoms with Crippen LogP contribution in [0.4, 0.5) is 0 Å². The summed E-state index contributed by atoms with van der Waals surface area (Å²) in [6, 6.07) is 1.87. The maximum atomic E-state index is 10.5. The number of hydrogen-bond donors (Lipinski definition) is 0. The predicted molar refractivity (Wildman–Crippen MR) is 56.3 cm³/mol. The van der Waals surface area contributed by atoms with Gasteiger partial charge in [0.1, 0.15) is 5.82 Å². The molecule has 0 aliphatic heterocycles. The zero-order valence-corrected chi connectivity index (χ0v) is 8.84. The summed E-state index contributed by atoms with van der Waals surface area (Å²) in [6.45, 7) is 3.90. The molecule has 2 aromatic rings. The Labute approximate surface area is 86.0 Å². The van der Waals surface area contributed by atoms with Crippen LogP contribution < -0.4 is 0 Å². The first-order valence-electron chi connectivity index (χ1n) is 4.27. The molecule has 2 rings (SSSR count). The Balaban J connectivity index is 2.48. The van der Waals surface area contributed by atoms with Crippen molar-refractivity contribution >= 4 is 17.6 Å². The number of imidazole rings is 1. The Morgan fingerprint density at radius 1 is 1.50 bits per heavy atom. The minimum absolute atomic E-state index is 0.741. The average Bonchev–Trinajstić information content (AvgIpc) is 2.71. The van der Waals surface area contributed by atoms with Crippen LogP contribution in [0.1, 0.15) is 21.2 Å². The number of carbonyl (C=O) groups excluding carboxylic acids is 1. The quantitative estimate of drug-likeness (QED) is 0.707. The maximum Gasteiger partial charge on any atom is 0.160 e. The van der Waals surface area contributed by atoms with Gasteiger partial charge in [-0.25, -0.2) is 4.98 Å². The van der Waals surface area contributed by atoms with Crippen molar-refractivity contribution in [3.63, 3.8) is 0 Å². The van der Waals surface area contributed by atoms with E-state index in [1.165, 1.54) is 11.3 Å². The molecule has 0 bridgehead atoms. The van der Waals surface area contributed by atoms with Gasteiger partial charge < -0.3 is 4.57 Å². The largest absolute Gasteiger partial charge is 0.303 e. The van der Waals surface area contributed by atoms with E-state index >= 15 is 0 Å². The summed E-state index contributed by atoms with van der Waals surface area (Å²) in [6.07, 6.45) is 2.83. The zero-order valence-electron chi connectivity index (χ0n) is 8.02. The minimum Gasteiger partial charge on any atom is -0.303 e. The first-order chi connectivity index (χ1) is 6.70. The van der Waals surface area contributed by atoms with Gasteiger partial charge in [-0.2, -0.15) is 0 Å². The van der Waals surface area contributed by atoms with E-state index in [2.05, 4.69) is 4.98 Å². The molecule has 2 heterocycles. The van der Waals surface area contributed by atoms with Crippen molar-refractivity contribution in [1.29, 1.82) is 0 Å². The number of aromatic nitrogens is 2. The molecule has 0 saturated heterocycles. The van der Waals surface area contributed by atoms with Gasteiger partial charge in [-0.3, -0.25) is 4.79 Å². The molecule has 0 aliphatic rings. The van der Waals surface area contributed by atoms with Crippen molar-refractivity contribution < 1.29 is 4.79 Å². The van der Waals surface area contributed by atoms with E-state index < -0.39 is 0 Å². The second kappa shape index (κ2) is 3.38. The molecule has 72 valence electrons. The van der Waals surface area contributed by atoms with Crippen molar-refractivity contribution in [2.45, 2.75) is 13.8 Å². The van der Waals surface area contributed by atoms with Gasteiger partial charge in [-0.05, 0) is 19.9 Å². The molecule has 0 spiro atoms. The number of carbonyl (C=O) groups is 1. The third-order valence-electron chi connectivity index (χ3n) is 2.00. The second-order valence-electron chi connectivity index (χ2n) is 3.12. The van der Waals surface area contributed by atoms with E-state index in [1.807, 2.05) is 36.1 Å². The van der Waals surface area contributed by atoms with Gasteiger partial charge in [0.15, 0.2) is 6.29 Å². The van der Waals surface area contributed by atoms with Crippen LogP contribution in [0.15, 0.2) is 17.6 Å². The van der Waals surface area contributed by atoms with E-state index in [-0.39, 0.29) is 0 Å². The molecule has 14 heavy (non-hydrogen) atoms. The normalized spacial score (nSPS) is 10.4. The summed E-state index contributed by atoms with van der Waals surface area (Å²) < 4.78 is 1.98.